The molecule has 2 heterocycles. The molecule has 5 heteroatoms. The topological polar surface area (TPSA) is 68.0 Å². The molecule has 0 atom stereocenters. The second kappa shape index (κ2) is 4.57. The monoisotopic (exact) mass is 217 g/mol. The number of rotatable bonds is 3. The largest absolute Gasteiger partial charge is 0.465 e. The molecule has 0 saturated heterocycles. The molecule has 16 heavy (non-hydrogen) atoms. The van der Waals surface area contributed by atoms with Crippen LogP contribution in [0.5, 0.6) is 0 Å². The molecular formula is C11H11N3O2. The molecule has 0 aliphatic carbocycles. The molecule has 2 aromatic rings. The van der Waals surface area contributed by atoms with Gasteiger partial charge in [-0.15, -0.1) is 0 Å². The Hall–Kier alpha value is -2.17. The van der Waals surface area contributed by atoms with Crippen LogP contribution in [0.3, 0.4) is 0 Å². The van der Waals surface area contributed by atoms with E-state index in [1.165, 1.54) is 18.6 Å². The molecule has 1 N–H and O–H groups in total. The normalized spacial score (nSPS) is 10.1. The first-order valence-corrected chi connectivity index (χ1v) is 4.85. The Labute approximate surface area is 92.5 Å². The fraction of sp³-hybridized carbons (Fsp3) is 0.182. The molecule has 2 aromatic heterocycles. The molecule has 5 nitrogen and oxygen atoms in total. The van der Waals surface area contributed by atoms with E-state index >= 15 is 0 Å². The van der Waals surface area contributed by atoms with Gasteiger partial charge in [-0.2, -0.15) is 0 Å². The van der Waals surface area contributed by atoms with Gasteiger partial charge in [0.05, 0.1) is 12.7 Å². The molecule has 0 spiro atoms. The number of nitrogens with zero attached hydrogens (tertiary/aromatic N) is 2. The summed E-state index contributed by atoms with van der Waals surface area (Å²) in [5.74, 6) is 1.28. The number of furan rings is 1. The number of nitrogens with one attached hydrogen (secondary N) is 1. The van der Waals surface area contributed by atoms with E-state index in [9.17, 15) is 4.79 Å². The van der Waals surface area contributed by atoms with Crippen molar-refractivity contribution in [3.8, 4) is 0 Å². The Morgan fingerprint density at radius 1 is 1.44 bits per heavy atom. The van der Waals surface area contributed by atoms with Gasteiger partial charge in [0.15, 0.2) is 0 Å². The van der Waals surface area contributed by atoms with Crippen molar-refractivity contribution in [2.75, 3.05) is 0 Å². The summed E-state index contributed by atoms with van der Waals surface area (Å²) < 4.78 is 5.32. The molecule has 1 amide bonds. The van der Waals surface area contributed by atoms with Crippen LogP contribution in [-0.2, 0) is 6.54 Å². The van der Waals surface area contributed by atoms with Crippen molar-refractivity contribution in [2.24, 2.45) is 0 Å². The first kappa shape index (κ1) is 10.4. The van der Waals surface area contributed by atoms with Gasteiger partial charge < -0.3 is 9.73 Å². The fourth-order valence-electron chi connectivity index (χ4n) is 1.25. The maximum Gasteiger partial charge on any atom is 0.271 e. The highest BCUT2D eigenvalue weighted by molar-refractivity contribution is 5.91. The van der Waals surface area contributed by atoms with Crippen molar-refractivity contribution in [1.29, 1.82) is 0 Å². The Bertz CT molecular complexity index is 479. The number of amides is 1. The standard InChI is InChI=1S/C11H11N3O2/c1-8-2-3-9(16-8)6-14-11(15)10-7-12-4-5-13-10/h2-5,7H,6H2,1H3,(H,14,15). The van der Waals surface area contributed by atoms with Crippen molar-refractivity contribution in [3.63, 3.8) is 0 Å². The summed E-state index contributed by atoms with van der Waals surface area (Å²) in [6.45, 7) is 2.21. The highest BCUT2D eigenvalue weighted by atomic mass is 16.3. The van der Waals surface area contributed by atoms with Crippen LogP contribution in [0.4, 0.5) is 0 Å². The zero-order valence-electron chi connectivity index (χ0n) is 8.80. The predicted molar refractivity (Wildman–Crippen MR) is 56.6 cm³/mol. The van der Waals surface area contributed by atoms with E-state index in [4.69, 9.17) is 4.42 Å². The summed E-state index contributed by atoms with van der Waals surface area (Å²) in [4.78, 5) is 19.3. The van der Waals surface area contributed by atoms with Crippen LogP contribution >= 0.6 is 0 Å². The van der Waals surface area contributed by atoms with E-state index in [0.29, 0.717) is 12.2 Å². The highest BCUT2D eigenvalue weighted by Crippen LogP contribution is 2.05. The molecule has 0 saturated carbocycles. The summed E-state index contributed by atoms with van der Waals surface area (Å²) in [5, 5.41) is 2.69. The lowest BCUT2D eigenvalue weighted by Gasteiger charge is -2.01. The van der Waals surface area contributed by atoms with Crippen LogP contribution in [0.15, 0.2) is 35.1 Å². The molecular weight excluding hydrogens is 206 g/mol. The third kappa shape index (κ3) is 2.44. The van der Waals surface area contributed by atoms with Gasteiger partial charge in [0, 0.05) is 12.4 Å². The average Bonchev–Trinajstić information content (AvgIpc) is 2.73. The zero-order chi connectivity index (χ0) is 11.4. The van der Waals surface area contributed by atoms with Gasteiger partial charge in [-0.1, -0.05) is 0 Å². The van der Waals surface area contributed by atoms with Gasteiger partial charge in [-0.05, 0) is 19.1 Å². The van der Waals surface area contributed by atoms with E-state index in [-0.39, 0.29) is 5.91 Å². The molecule has 0 aromatic carbocycles. The second-order valence-electron chi connectivity index (χ2n) is 3.29. The number of carbonyl (C=O) groups is 1. The quantitative estimate of drug-likeness (QED) is 0.841. The Kier molecular flexibility index (Phi) is 2.95. The molecule has 0 unspecified atom stereocenters. The molecule has 0 fully saturated rings. The van der Waals surface area contributed by atoms with Gasteiger partial charge in [0.2, 0.25) is 0 Å². The molecule has 0 aliphatic rings. The van der Waals surface area contributed by atoms with Crippen molar-refractivity contribution in [1.82, 2.24) is 15.3 Å². The average molecular weight is 217 g/mol. The second-order valence-corrected chi connectivity index (χ2v) is 3.29. The van der Waals surface area contributed by atoms with Crippen LogP contribution in [0.1, 0.15) is 22.0 Å². The Morgan fingerprint density at radius 2 is 2.31 bits per heavy atom. The van der Waals surface area contributed by atoms with Crippen LogP contribution < -0.4 is 5.32 Å². The summed E-state index contributed by atoms with van der Waals surface area (Å²) >= 11 is 0. The Morgan fingerprint density at radius 3 is 2.94 bits per heavy atom. The molecule has 2 rings (SSSR count). The molecule has 0 radical (unpaired) electrons. The highest BCUT2D eigenvalue weighted by Gasteiger charge is 2.07. The van der Waals surface area contributed by atoms with Gasteiger partial charge in [0.25, 0.3) is 5.91 Å². The maximum atomic E-state index is 11.6. The van der Waals surface area contributed by atoms with Gasteiger partial charge >= 0.3 is 0 Å². The maximum absolute atomic E-state index is 11.6. The van der Waals surface area contributed by atoms with E-state index in [0.717, 1.165) is 11.5 Å². The summed E-state index contributed by atoms with van der Waals surface area (Å²) in [6.07, 6.45) is 4.42. The first-order valence-electron chi connectivity index (χ1n) is 4.85. The fourth-order valence-corrected chi connectivity index (χ4v) is 1.25. The SMILES string of the molecule is Cc1ccc(CNC(=O)c2cnccn2)o1. The van der Waals surface area contributed by atoms with Crippen molar-refractivity contribution < 1.29 is 9.21 Å². The van der Waals surface area contributed by atoms with Gasteiger partial charge in [-0.25, -0.2) is 4.98 Å². The minimum atomic E-state index is -0.262. The third-order valence-corrected chi connectivity index (χ3v) is 2.02. The lowest BCUT2D eigenvalue weighted by Crippen LogP contribution is -2.23. The predicted octanol–water partition coefficient (Wildman–Crippen LogP) is 1.31. The lowest BCUT2D eigenvalue weighted by molar-refractivity contribution is 0.0942. The van der Waals surface area contributed by atoms with E-state index in [1.54, 1.807) is 0 Å². The number of aryl methyl sites for hydroxylation is 1. The Balaban J connectivity index is 1.94. The van der Waals surface area contributed by atoms with Gasteiger partial charge in [-0.3, -0.25) is 9.78 Å². The van der Waals surface area contributed by atoms with Crippen molar-refractivity contribution >= 4 is 5.91 Å². The van der Waals surface area contributed by atoms with E-state index < -0.39 is 0 Å². The molecule has 0 bridgehead atoms. The van der Waals surface area contributed by atoms with E-state index in [1.807, 2.05) is 19.1 Å². The van der Waals surface area contributed by atoms with E-state index in [2.05, 4.69) is 15.3 Å². The minimum absolute atomic E-state index is 0.262. The van der Waals surface area contributed by atoms with Crippen molar-refractivity contribution in [2.45, 2.75) is 13.5 Å². The molecule has 0 aliphatic heterocycles. The zero-order valence-corrected chi connectivity index (χ0v) is 8.80. The smallest absolute Gasteiger partial charge is 0.271 e. The summed E-state index contributed by atoms with van der Waals surface area (Å²) in [7, 11) is 0. The van der Waals surface area contributed by atoms with Crippen LogP contribution in [0.2, 0.25) is 0 Å². The number of carbonyl (C=O) groups excluding carboxylic acids is 1. The van der Waals surface area contributed by atoms with Crippen LogP contribution in [0, 0.1) is 6.92 Å². The molecule has 82 valence electrons. The number of aromatic nitrogens is 2. The van der Waals surface area contributed by atoms with Crippen LogP contribution in [-0.4, -0.2) is 15.9 Å². The number of hydrogen-bond donors (Lipinski definition) is 1. The summed E-state index contributed by atoms with van der Waals surface area (Å²) in [5.41, 5.74) is 0.297. The third-order valence-electron chi connectivity index (χ3n) is 2.02. The van der Waals surface area contributed by atoms with Crippen molar-refractivity contribution in [3.05, 3.63) is 47.9 Å². The lowest BCUT2D eigenvalue weighted by atomic mass is 10.4. The minimum Gasteiger partial charge on any atom is -0.465 e. The first-order chi connectivity index (χ1) is 7.75. The van der Waals surface area contributed by atoms with Gasteiger partial charge in [0.1, 0.15) is 17.2 Å². The summed E-state index contributed by atoms with van der Waals surface area (Å²) in [6, 6.07) is 3.68. The number of hydrogen-bond acceptors (Lipinski definition) is 4. The van der Waals surface area contributed by atoms with Crippen LogP contribution in [0.25, 0.3) is 0 Å².